The summed E-state index contributed by atoms with van der Waals surface area (Å²) in [6.07, 6.45) is 5.17. The van der Waals surface area contributed by atoms with Crippen molar-refractivity contribution in [3.8, 4) is 11.3 Å². The van der Waals surface area contributed by atoms with Gasteiger partial charge >= 0.3 is 6.03 Å². The first-order chi connectivity index (χ1) is 16.8. The summed E-state index contributed by atoms with van der Waals surface area (Å²) < 4.78 is 5.56. The van der Waals surface area contributed by atoms with Crippen molar-refractivity contribution in [1.29, 1.82) is 0 Å². The summed E-state index contributed by atoms with van der Waals surface area (Å²) in [7, 11) is 0. The molecule has 1 aromatic carbocycles. The summed E-state index contributed by atoms with van der Waals surface area (Å²) in [5.41, 5.74) is 6.21. The molecule has 8 heteroatoms. The third-order valence-corrected chi connectivity index (χ3v) is 7.29. The van der Waals surface area contributed by atoms with Gasteiger partial charge in [-0.2, -0.15) is 5.10 Å². The van der Waals surface area contributed by atoms with E-state index in [4.69, 9.17) is 9.72 Å². The molecule has 8 nitrogen and oxygen atoms in total. The third kappa shape index (κ3) is 4.68. The molecule has 3 aromatic rings. The number of rotatable bonds is 4. The van der Waals surface area contributed by atoms with E-state index in [1.165, 1.54) is 0 Å². The van der Waals surface area contributed by atoms with Crippen molar-refractivity contribution in [3.05, 3.63) is 65.1 Å². The van der Waals surface area contributed by atoms with E-state index in [2.05, 4.69) is 40.7 Å². The molecule has 0 bridgehead atoms. The first-order valence-corrected chi connectivity index (χ1v) is 12.3. The van der Waals surface area contributed by atoms with Crippen molar-refractivity contribution in [2.45, 2.75) is 63.5 Å². The minimum atomic E-state index is -0.677. The van der Waals surface area contributed by atoms with E-state index in [0.717, 1.165) is 46.5 Å². The number of nitrogens with one attached hydrogen (secondary N) is 3. The number of H-pyrrole nitrogens is 1. The molecule has 3 heterocycles. The van der Waals surface area contributed by atoms with E-state index in [1.807, 2.05) is 37.4 Å². The molecule has 0 radical (unpaired) electrons. The number of benzene rings is 1. The lowest BCUT2D eigenvalue weighted by Gasteiger charge is -2.40. The first kappa shape index (κ1) is 23.5. The lowest BCUT2D eigenvalue weighted by atomic mass is 9.70. The van der Waals surface area contributed by atoms with Gasteiger partial charge in [-0.3, -0.25) is 5.10 Å². The van der Waals surface area contributed by atoms with E-state index >= 15 is 0 Å². The molecule has 184 valence electrons. The van der Waals surface area contributed by atoms with Gasteiger partial charge in [-0.1, -0.05) is 38.1 Å². The van der Waals surface area contributed by atoms with E-state index in [-0.39, 0.29) is 17.4 Å². The molecule has 0 unspecified atom stereocenters. The molecule has 1 aliphatic carbocycles. The van der Waals surface area contributed by atoms with E-state index in [9.17, 15) is 9.90 Å². The number of aromatic nitrogens is 3. The minimum Gasteiger partial charge on any atom is -0.391 e. The van der Waals surface area contributed by atoms with Gasteiger partial charge in [0, 0.05) is 30.9 Å². The van der Waals surface area contributed by atoms with Gasteiger partial charge in [0.2, 0.25) is 0 Å². The molecule has 4 N–H and O–H groups in total. The molecule has 1 saturated heterocycles. The summed E-state index contributed by atoms with van der Waals surface area (Å²) in [4.78, 5) is 18.3. The van der Waals surface area contributed by atoms with Gasteiger partial charge in [0.15, 0.2) is 0 Å². The van der Waals surface area contributed by atoms with Crippen LogP contribution in [0.2, 0.25) is 0 Å². The SMILES string of the molecule is Cc1cc(NC(=O)N[C@@H]2c3ccccc3C(C)(C)C[C@H]2O)c(C2CCOCC2)nc1-c1cn[nH]c1. The molecule has 1 fully saturated rings. The Morgan fingerprint density at radius 2 is 2.00 bits per heavy atom. The minimum absolute atomic E-state index is 0.162. The second-order valence-corrected chi connectivity index (χ2v) is 10.3. The second kappa shape index (κ2) is 9.43. The fraction of sp³-hybridized carbons (Fsp3) is 0.444. The Kier molecular flexibility index (Phi) is 6.34. The largest absolute Gasteiger partial charge is 0.391 e. The number of fused-ring (bicyclic) bond motifs is 1. The third-order valence-electron chi connectivity index (χ3n) is 7.29. The van der Waals surface area contributed by atoms with Gasteiger partial charge in [-0.15, -0.1) is 0 Å². The average Bonchev–Trinajstić information content (AvgIpc) is 3.37. The number of hydrogen-bond donors (Lipinski definition) is 4. The molecule has 0 spiro atoms. The van der Waals surface area contributed by atoms with Crippen LogP contribution in [-0.4, -0.2) is 45.6 Å². The zero-order valence-electron chi connectivity index (χ0n) is 20.5. The zero-order chi connectivity index (χ0) is 24.6. The van der Waals surface area contributed by atoms with Crippen molar-refractivity contribution in [1.82, 2.24) is 20.5 Å². The highest BCUT2D eigenvalue weighted by Gasteiger charge is 2.39. The Morgan fingerprint density at radius 1 is 1.23 bits per heavy atom. The van der Waals surface area contributed by atoms with Gasteiger partial charge < -0.3 is 20.5 Å². The fourth-order valence-electron chi connectivity index (χ4n) is 5.50. The maximum Gasteiger partial charge on any atom is 0.319 e. The maximum absolute atomic E-state index is 13.3. The Bertz CT molecular complexity index is 1200. The van der Waals surface area contributed by atoms with Gasteiger partial charge in [-0.05, 0) is 54.4 Å². The highest BCUT2D eigenvalue weighted by molar-refractivity contribution is 5.91. The molecule has 5 rings (SSSR count). The number of carbonyl (C=O) groups is 1. The normalized spacial score (nSPS) is 21.8. The Labute approximate surface area is 205 Å². The number of hydrogen-bond acceptors (Lipinski definition) is 5. The van der Waals surface area contributed by atoms with Crippen LogP contribution in [-0.2, 0) is 10.2 Å². The summed E-state index contributed by atoms with van der Waals surface area (Å²) >= 11 is 0. The number of aryl methyl sites for hydroxylation is 1. The Morgan fingerprint density at radius 3 is 2.74 bits per heavy atom. The fourth-order valence-corrected chi connectivity index (χ4v) is 5.50. The van der Waals surface area contributed by atoms with Crippen LogP contribution in [0.5, 0.6) is 0 Å². The van der Waals surface area contributed by atoms with Crippen LogP contribution in [0, 0.1) is 6.92 Å². The summed E-state index contributed by atoms with van der Waals surface area (Å²) in [5.74, 6) is 0.187. The van der Waals surface area contributed by atoms with Gasteiger partial charge in [0.25, 0.3) is 0 Å². The number of ether oxygens (including phenoxy) is 1. The first-order valence-electron chi connectivity index (χ1n) is 12.3. The average molecular weight is 476 g/mol. The van der Waals surface area contributed by atoms with Crippen molar-refractivity contribution in [2.75, 3.05) is 18.5 Å². The number of urea groups is 1. The molecule has 0 saturated carbocycles. The van der Waals surface area contributed by atoms with Gasteiger partial charge in [0.1, 0.15) is 0 Å². The van der Waals surface area contributed by atoms with Gasteiger partial charge in [-0.25, -0.2) is 9.78 Å². The molecule has 2 amide bonds. The highest BCUT2D eigenvalue weighted by atomic mass is 16.5. The van der Waals surface area contributed by atoms with Crippen molar-refractivity contribution < 1.29 is 14.6 Å². The van der Waals surface area contributed by atoms with Crippen LogP contribution in [0.3, 0.4) is 0 Å². The number of pyridine rings is 1. The molecule has 2 aromatic heterocycles. The second-order valence-electron chi connectivity index (χ2n) is 10.3. The number of nitrogens with zero attached hydrogens (tertiary/aromatic N) is 2. The van der Waals surface area contributed by atoms with E-state index < -0.39 is 12.1 Å². The monoisotopic (exact) mass is 475 g/mol. The van der Waals surface area contributed by atoms with Crippen molar-refractivity contribution >= 4 is 11.7 Å². The number of amides is 2. The molecule has 2 atom stereocenters. The van der Waals surface area contributed by atoms with Crippen LogP contribution in [0.15, 0.2) is 42.7 Å². The lowest BCUT2D eigenvalue weighted by molar-refractivity contribution is 0.0846. The van der Waals surface area contributed by atoms with Crippen molar-refractivity contribution in [3.63, 3.8) is 0 Å². The van der Waals surface area contributed by atoms with E-state index in [1.54, 1.807) is 6.20 Å². The summed E-state index contributed by atoms with van der Waals surface area (Å²) in [6, 6.07) is 9.17. The molecular formula is C27H33N5O3. The Balaban J connectivity index is 1.43. The standard InChI is InChI=1S/C27H33N5O3/c1-16-12-21(24(17-8-10-35-11-9-17)31-23(16)18-14-28-29-15-18)30-26(34)32-25-19-6-4-5-7-20(19)27(2,3)13-22(25)33/h4-7,12,14-15,17,22,25,33H,8-11,13H2,1-3H3,(H,28,29)(H2,30,32,34)/t22-,25-/m1/s1. The molecule has 2 aliphatic rings. The summed E-state index contributed by atoms with van der Waals surface area (Å²) in [6.45, 7) is 7.58. The van der Waals surface area contributed by atoms with Crippen LogP contribution in [0.25, 0.3) is 11.3 Å². The predicted molar refractivity (Wildman–Crippen MR) is 134 cm³/mol. The lowest BCUT2D eigenvalue weighted by Crippen LogP contribution is -2.45. The predicted octanol–water partition coefficient (Wildman–Crippen LogP) is 4.58. The van der Waals surface area contributed by atoms with Crippen LogP contribution >= 0.6 is 0 Å². The Hall–Kier alpha value is -3.23. The van der Waals surface area contributed by atoms with Crippen LogP contribution in [0.1, 0.15) is 67.5 Å². The topological polar surface area (TPSA) is 112 Å². The molecule has 35 heavy (non-hydrogen) atoms. The van der Waals surface area contributed by atoms with E-state index in [0.29, 0.717) is 25.3 Å². The molecular weight excluding hydrogens is 442 g/mol. The molecule has 1 aliphatic heterocycles. The number of aliphatic hydroxyl groups is 1. The zero-order valence-corrected chi connectivity index (χ0v) is 20.5. The number of anilines is 1. The van der Waals surface area contributed by atoms with Crippen LogP contribution < -0.4 is 10.6 Å². The highest BCUT2D eigenvalue weighted by Crippen LogP contribution is 2.42. The maximum atomic E-state index is 13.3. The number of aliphatic hydroxyl groups excluding tert-OH is 1. The number of aromatic amines is 1. The smallest absolute Gasteiger partial charge is 0.319 e. The van der Waals surface area contributed by atoms with Gasteiger partial charge in [0.05, 0.1) is 35.4 Å². The number of carbonyl (C=O) groups excluding carboxylic acids is 1. The van der Waals surface area contributed by atoms with Crippen molar-refractivity contribution in [2.24, 2.45) is 0 Å². The van der Waals surface area contributed by atoms with Crippen LogP contribution in [0.4, 0.5) is 10.5 Å². The summed E-state index contributed by atoms with van der Waals surface area (Å²) in [5, 5.41) is 23.9. The quantitative estimate of drug-likeness (QED) is 0.441.